The number of piperidine rings is 2. The van der Waals surface area contributed by atoms with Crippen LogP contribution in [0.4, 0.5) is 4.79 Å². The van der Waals surface area contributed by atoms with Crippen LogP contribution in [0.1, 0.15) is 32.1 Å². The Morgan fingerprint density at radius 1 is 1.03 bits per heavy atom. The molecule has 2 aliphatic heterocycles. The molecule has 0 spiro atoms. The van der Waals surface area contributed by atoms with Gasteiger partial charge in [-0.25, -0.2) is 18.2 Å². The number of benzene rings is 2. The highest BCUT2D eigenvalue weighted by Crippen LogP contribution is 2.21. The van der Waals surface area contributed by atoms with Crippen LogP contribution in [0.15, 0.2) is 47.4 Å². The molecule has 0 radical (unpaired) electrons. The molecule has 8 heteroatoms. The average molecular weight is 431 g/mol. The number of hydrogen-bond acceptors (Lipinski definition) is 4. The Hall–Kier alpha value is -2.16. The molecular weight excluding hydrogens is 400 g/mol. The molecule has 2 aliphatic rings. The molecule has 0 aliphatic carbocycles. The molecular formula is C22H30N4O3S. The van der Waals surface area contributed by atoms with E-state index in [4.69, 9.17) is 0 Å². The molecule has 0 unspecified atom stereocenters. The number of rotatable bonds is 5. The number of sulfonamides is 1. The number of carbonyl (C=O) groups is 1. The van der Waals surface area contributed by atoms with Gasteiger partial charge in [0.1, 0.15) is 0 Å². The normalized spacial score (nSPS) is 18.5. The van der Waals surface area contributed by atoms with Gasteiger partial charge >= 0.3 is 6.03 Å². The third kappa shape index (κ3) is 4.94. The van der Waals surface area contributed by atoms with E-state index in [-0.39, 0.29) is 16.8 Å². The summed E-state index contributed by atoms with van der Waals surface area (Å²) in [6.45, 7) is 3.55. The zero-order chi connectivity index (χ0) is 21.0. The Morgan fingerprint density at radius 2 is 1.73 bits per heavy atom. The fourth-order valence-corrected chi connectivity index (χ4v) is 5.34. The van der Waals surface area contributed by atoms with E-state index in [1.54, 1.807) is 23.1 Å². The smallest absolute Gasteiger partial charge is 0.324 e. The first-order valence-electron chi connectivity index (χ1n) is 10.8. The first-order chi connectivity index (χ1) is 14.5. The fourth-order valence-electron chi connectivity index (χ4n) is 4.27. The molecule has 0 saturated carbocycles. The molecule has 2 aromatic carbocycles. The average Bonchev–Trinajstić information content (AvgIpc) is 2.79. The Bertz CT molecular complexity index is 983. The molecule has 2 heterocycles. The molecule has 0 aromatic heterocycles. The van der Waals surface area contributed by atoms with Gasteiger partial charge in [-0.1, -0.05) is 30.3 Å². The minimum absolute atomic E-state index is 0.169. The van der Waals surface area contributed by atoms with Crippen molar-refractivity contribution < 1.29 is 13.2 Å². The Morgan fingerprint density at radius 3 is 2.47 bits per heavy atom. The van der Waals surface area contributed by atoms with E-state index in [2.05, 4.69) is 10.1 Å². The van der Waals surface area contributed by atoms with Crippen molar-refractivity contribution in [2.45, 2.75) is 37.0 Å². The Kier molecular flexibility index (Phi) is 6.55. The van der Waals surface area contributed by atoms with E-state index < -0.39 is 10.0 Å². The van der Waals surface area contributed by atoms with Crippen molar-refractivity contribution in [2.24, 2.45) is 5.92 Å². The van der Waals surface area contributed by atoms with E-state index in [1.165, 1.54) is 5.01 Å². The van der Waals surface area contributed by atoms with Crippen molar-refractivity contribution in [1.82, 2.24) is 20.1 Å². The highest BCUT2D eigenvalue weighted by molar-refractivity contribution is 7.89. The number of urea groups is 1. The molecule has 30 heavy (non-hydrogen) atoms. The summed E-state index contributed by atoms with van der Waals surface area (Å²) < 4.78 is 26.4. The summed E-state index contributed by atoms with van der Waals surface area (Å²) in [7, 11) is -3.87. The van der Waals surface area contributed by atoms with E-state index in [0.29, 0.717) is 19.6 Å². The number of hydrazine groups is 1. The monoisotopic (exact) mass is 430 g/mol. The molecule has 162 valence electrons. The molecule has 0 bridgehead atoms. The molecule has 2 fully saturated rings. The summed E-state index contributed by atoms with van der Waals surface area (Å²) in [5.41, 5.74) is 0. The minimum Gasteiger partial charge on any atom is -0.324 e. The van der Waals surface area contributed by atoms with E-state index >= 15 is 0 Å². The van der Waals surface area contributed by atoms with Crippen LogP contribution in [0.25, 0.3) is 10.8 Å². The molecule has 2 aromatic rings. The fraction of sp³-hybridized carbons (Fsp3) is 0.500. The third-order valence-corrected chi connectivity index (χ3v) is 7.35. The van der Waals surface area contributed by atoms with Crippen molar-refractivity contribution >= 4 is 26.8 Å². The highest BCUT2D eigenvalue weighted by atomic mass is 32.2. The lowest BCUT2D eigenvalue weighted by Crippen LogP contribution is -2.55. The first-order valence-corrected chi connectivity index (χ1v) is 12.3. The van der Waals surface area contributed by atoms with E-state index in [1.807, 2.05) is 24.3 Å². The van der Waals surface area contributed by atoms with Crippen molar-refractivity contribution in [3.63, 3.8) is 0 Å². The minimum atomic E-state index is -3.87. The number of amides is 2. The molecule has 2 N–H and O–H groups in total. The predicted molar refractivity (Wildman–Crippen MR) is 117 cm³/mol. The van der Waals surface area contributed by atoms with Crippen LogP contribution in [-0.2, 0) is 10.0 Å². The summed E-state index contributed by atoms with van der Waals surface area (Å²) in [6, 6.07) is 12.5. The van der Waals surface area contributed by atoms with Gasteiger partial charge < -0.3 is 10.2 Å². The molecule has 0 atom stereocenters. The number of hydrogen-bond donors (Lipinski definition) is 2. The second-order valence-electron chi connectivity index (χ2n) is 8.24. The lowest BCUT2D eigenvalue weighted by molar-refractivity contribution is 0.122. The summed E-state index contributed by atoms with van der Waals surface area (Å²) in [5.74, 6) is 0.277. The van der Waals surface area contributed by atoms with Crippen LogP contribution >= 0.6 is 0 Å². The number of carbonyl (C=O) groups excluding carboxylic acids is 1. The molecule has 7 nitrogen and oxygen atoms in total. The predicted octanol–water partition coefficient (Wildman–Crippen LogP) is 2.94. The zero-order valence-corrected chi connectivity index (χ0v) is 18.0. The molecule has 2 amide bonds. The van der Waals surface area contributed by atoms with Crippen LogP contribution in [0.3, 0.4) is 0 Å². The number of likely N-dealkylation sites (tertiary alicyclic amines) is 1. The van der Waals surface area contributed by atoms with E-state index in [0.717, 1.165) is 56.0 Å². The van der Waals surface area contributed by atoms with Crippen molar-refractivity contribution in [3.8, 4) is 0 Å². The van der Waals surface area contributed by atoms with Crippen molar-refractivity contribution in [1.29, 1.82) is 0 Å². The SMILES string of the molecule is O=C(N1CCCCC1)N(CC1CCNCC1)NS(=O)(=O)c1ccc2ccccc2c1. The summed E-state index contributed by atoms with van der Waals surface area (Å²) in [4.78, 5) is 17.8. The maximum absolute atomic E-state index is 13.2. The van der Waals surface area contributed by atoms with E-state index in [9.17, 15) is 13.2 Å². The van der Waals surface area contributed by atoms with Crippen LogP contribution in [0.2, 0.25) is 0 Å². The van der Waals surface area contributed by atoms with Crippen molar-refractivity contribution in [2.75, 3.05) is 32.7 Å². The van der Waals surface area contributed by atoms with Gasteiger partial charge in [-0.2, -0.15) is 0 Å². The molecule has 4 rings (SSSR count). The number of nitrogens with one attached hydrogen (secondary N) is 2. The van der Waals surface area contributed by atoms with Gasteiger partial charge in [0.15, 0.2) is 0 Å². The largest absolute Gasteiger partial charge is 0.335 e. The van der Waals surface area contributed by atoms with Gasteiger partial charge in [-0.3, -0.25) is 0 Å². The van der Waals surface area contributed by atoms with Gasteiger partial charge in [-0.05, 0) is 74.0 Å². The summed E-state index contributed by atoms with van der Waals surface area (Å²) >= 11 is 0. The van der Waals surface area contributed by atoms with Crippen LogP contribution in [0.5, 0.6) is 0 Å². The zero-order valence-electron chi connectivity index (χ0n) is 17.2. The quantitative estimate of drug-likeness (QED) is 0.715. The topological polar surface area (TPSA) is 81.8 Å². The highest BCUT2D eigenvalue weighted by Gasteiger charge is 2.29. The lowest BCUT2D eigenvalue weighted by Gasteiger charge is -2.35. The van der Waals surface area contributed by atoms with Gasteiger partial charge in [0, 0.05) is 19.6 Å². The van der Waals surface area contributed by atoms with Crippen LogP contribution < -0.4 is 10.1 Å². The van der Waals surface area contributed by atoms with Gasteiger partial charge in [-0.15, -0.1) is 4.83 Å². The summed E-state index contributed by atoms with van der Waals surface area (Å²) in [5, 5.41) is 6.49. The van der Waals surface area contributed by atoms with Gasteiger partial charge in [0.05, 0.1) is 4.90 Å². The summed E-state index contributed by atoms with van der Waals surface area (Å²) in [6.07, 6.45) is 4.90. The third-order valence-electron chi connectivity index (χ3n) is 6.02. The first kappa shape index (κ1) is 21.1. The number of nitrogens with zero attached hydrogens (tertiary/aromatic N) is 2. The van der Waals surface area contributed by atoms with Gasteiger partial charge in [0.2, 0.25) is 0 Å². The second kappa shape index (κ2) is 9.32. The van der Waals surface area contributed by atoms with Crippen LogP contribution in [0, 0.1) is 5.92 Å². The number of fused-ring (bicyclic) bond motifs is 1. The van der Waals surface area contributed by atoms with Gasteiger partial charge in [0.25, 0.3) is 10.0 Å². The van der Waals surface area contributed by atoms with Crippen LogP contribution in [-0.4, -0.2) is 57.1 Å². The Balaban J connectivity index is 1.57. The lowest BCUT2D eigenvalue weighted by atomic mass is 9.98. The standard InChI is InChI=1S/C22H30N4O3S/c27-22(25-14-4-1-5-15-25)26(17-18-10-12-23-13-11-18)24-30(28,29)21-9-8-19-6-2-3-7-20(19)16-21/h2-3,6-9,16,18,23-24H,1,4-5,10-15,17H2. The maximum Gasteiger partial charge on any atom is 0.335 e. The Labute approximate surface area is 178 Å². The van der Waals surface area contributed by atoms with Crippen molar-refractivity contribution in [3.05, 3.63) is 42.5 Å². The maximum atomic E-state index is 13.2. The molecule has 2 saturated heterocycles. The second-order valence-corrected chi connectivity index (χ2v) is 9.90.